The van der Waals surface area contributed by atoms with E-state index in [9.17, 15) is 24.3 Å². The molecule has 0 spiro atoms. The van der Waals surface area contributed by atoms with Gasteiger partial charge in [0.2, 0.25) is 0 Å². The zero-order chi connectivity index (χ0) is 26.9. The molecule has 0 aromatic heterocycles. The Bertz CT molecular complexity index is 1230. The number of ketones is 1. The van der Waals surface area contributed by atoms with E-state index in [1.807, 2.05) is 6.07 Å². The molecule has 8 nitrogen and oxygen atoms in total. The molecule has 38 heavy (non-hydrogen) atoms. The minimum Gasteiger partial charge on any atom is -0.469 e. The summed E-state index contributed by atoms with van der Waals surface area (Å²) < 4.78 is 4.77. The fourth-order valence-corrected chi connectivity index (χ4v) is 9.72. The van der Waals surface area contributed by atoms with Crippen molar-refractivity contribution in [2.24, 2.45) is 5.92 Å². The van der Waals surface area contributed by atoms with Gasteiger partial charge in [-0.15, -0.1) is 11.8 Å². The lowest BCUT2D eigenvalue weighted by atomic mass is 9.61. The molecular formula is C28H30N2O6S2. The molecule has 6 atom stereocenters. The van der Waals surface area contributed by atoms with Crippen molar-refractivity contribution < 1.29 is 29.0 Å². The molecule has 3 N–H and O–H groups in total. The minimum atomic E-state index is -1.72. The molecule has 2 heterocycles. The second-order valence-electron chi connectivity index (χ2n) is 9.92. The molecular weight excluding hydrogens is 524 g/mol. The number of benzene rings is 2. The highest BCUT2D eigenvalue weighted by Crippen LogP contribution is 2.59. The predicted octanol–water partition coefficient (Wildman–Crippen LogP) is 2.46. The van der Waals surface area contributed by atoms with Gasteiger partial charge in [0.15, 0.2) is 5.78 Å². The van der Waals surface area contributed by atoms with Crippen molar-refractivity contribution in [2.75, 3.05) is 18.6 Å². The summed E-state index contributed by atoms with van der Waals surface area (Å²) in [6, 6.07) is 16.5. The standard InChI is InChI=1S/C28H30N2O6S2/c1-36-21(31)14-8-13-19-22-23(32)27(16-38-22,30-26(34)18-11-6-3-7-12-18)28(35)20(15-37-24(19)28)29-25(33)17-9-4-2-5-10-17/h2-7,9-12,19-20,22,24,35H,8,13-16H2,1H3,(H,29,33)(H,30,34)/t19-,20+,22+,24-,27+,28+/m1/s1. The smallest absolute Gasteiger partial charge is 0.305 e. The van der Waals surface area contributed by atoms with Gasteiger partial charge in [-0.25, -0.2) is 0 Å². The summed E-state index contributed by atoms with van der Waals surface area (Å²) in [6.45, 7) is 0. The lowest BCUT2D eigenvalue weighted by Gasteiger charge is -2.52. The zero-order valence-electron chi connectivity index (χ0n) is 20.9. The van der Waals surface area contributed by atoms with E-state index in [1.54, 1.807) is 54.6 Å². The first-order valence-corrected chi connectivity index (χ1v) is 14.7. The Hall–Kier alpha value is -2.82. The first kappa shape index (κ1) is 26.8. The number of carbonyl (C=O) groups excluding carboxylic acids is 4. The largest absolute Gasteiger partial charge is 0.469 e. The topological polar surface area (TPSA) is 122 Å². The SMILES string of the molecule is COC(=O)CCC[C@@H]1[C@@H]2SC[C@](NC(=O)c3ccccc3)(C2=O)[C@]2(O)[C@@H](NC(=O)c3ccccc3)CS[C@H]12. The average Bonchev–Trinajstić information content (AvgIpc) is 3.42. The van der Waals surface area contributed by atoms with Crippen LogP contribution in [0, 0.1) is 5.92 Å². The van der Waals surface area contributed by atoms with Gasteiger partial charge in [-0.2, -0.15) is 11.8 Å². The number of nitrogens with one attached hydrogen (secondary N) is 2. The van der Waals surface area contributed by atoms with Crippen molar-refractivity contribution in [3.63, 3.8) is 0 Å². The van der Waals surface area contributed by atoms with Gasteiger partial charge in [-0.1, -0.05) is 36.4 Å². The molecule has 2 saturated heterocycles. The third kappa shape index (κ3) is 4.42. The molecule has 10 heteroatoms. The molecule has 2 bridgehead atoms. The third-order valence-electron chi connectivity index (χ3n) is 7.88. The van der Waals surface area contributed by atoms with Crippen LogP contribution in [0.3, 0.4) is 0 Å². The van der Waals surface area contributed by atoms with Crippen molar-refractivity contribution in [1.82, 2.24) is 10.6 Å². The first-order chi connectivity index (χ1) is 18.3. The maximum atomic E-state index is 14.1. The summed E-state index contributed by atoms with van der Waals surface area (Å²) in [5.41, 5.74) is -2.45. The van der Waals surface area contributed by atoms with Gasteiger partial charge in [-0.3, -0.25) is 19.2 Å². The molecule has 5 rings (SSSR count). The highest BCUT2D eigenvalue weighted by atomic mass is 32.2. The molecule has 0 radical (unpaired) electrons. The molecule has 2 amide bonds. The molecule has 3 aliphatic rings. The van der Waals surface area contributed by atoms with Gasteiger partial charge in [0.05, 0.1) is 18.4 Å². The zero-order valence-corrected chi connectivity index (χ0v) is 22.6. The van der Waals surface area contributed by atoms with Crippen LogP contribution in [0.4, 0.5) is 0 Å². The molecule has 2 aromatic carbocycles. The average molecular weight is 555 g/mol. The number of hydrogen-bond acceptors (Lipinski definition) is 8. The van der Waals surface area contributed by atoms with Crippen molar-refractivity contribution in [3.05, 3.63) is 71.8 Å². The number of hydrogen-bond donors (Lipinski definition) is 3. The number of esters is 1. The summed E-state index contributed by atoms with van der Waals surface area (Å²) in [6.07, 6.45) is 1.28. The number of methoxy groups -OCH3 is 1. The van der Waals surface area contributed by atoms with Gasteiger partial charge >= 0.3 is 5.97 Å². The Morgan fingerprint density at radius 3 is 2.26 bits per heavy atom. The second kappa shape index (κ2) is 10.7. The van der Waals surface area contributed by atoms with Crippen molar-refractivity contribution in [3.8, 4) is 0 Å². The van der Waals surface area contributed by atoms with Crippen molar-refractivity contribution in [2.45, 2.75) is 46.9 Å². The number of fused-ring (bicyclic) bond motifs is 4. The van der Waals surface area contributed by atoms with Crippen LogP contribution in [-0.2, 0) is 14.3 Å². The fourth-order valence-electron chi connectivity index (χ4n) is 5.96. The highest BCUT2D eigenvalue weighted by Gasteiger charge is 2.75. The summed E-state index contributed by atoms with van der Waals surface area (Å²) in [4.78, 5) is 52.3. The van der Waals surface area contributed by atoms with E-state index in [2.05, 4.69) is 10.6 Å². The summed E-state index contributed by atoms with van der Waals surface area (Å²) >= 11 is 2.95. The number of amides is 2. The Balaban J connectivity index is 1.49. The maximum Gasteiger partial charge on any atom is 0.305 e. The molecule has 2 aromatic rings. The van der Waals surface area contributed by atoms with E-state index < -0.39 is 33.6 Å². The Morgan fingerprint density at radius 2 is 1.63 bits per heavy atom. The van der Waals surface area contributed by atoms with Crippen LogP contribution in [0.1, 0.15) is 40.0 Å². The van der Waals surface area contributed by atoms with Crippen LogP contribution in [0.25, 0.3) is 0 Å². The summed E-state index contributed by atoms with van der Waals surface area (Å²) in [5.74, 6) is -0.976. The monoisotopic (exact) mass is 554 g/mol. The normalized spacial score (nSPS) is 31.4. The molecule has 1 aliphatic carbocycles. The molecule has 2 aliphatic heterocycles. The number of thioether (sulfide) groups is 2. The van der Waals surface area contributed by atoms with E-state index in [-0.39, 0.29) is 35.8 Å². The predicted molar refractivity (Wildman–Crippen MR) is 146 cm³/mol. The lowest BCUT2D eigenvalue weighted by molar-refractivity contribution is -0.145. The van der Waals surface area contributed by atoms with Crippen molar-refractivity contribution in [1.29, 1.82) is 0 Å². The summed E-state index contributed by atoms with van der Waals surface area (Å²) in [5, 5.41) is 17.7. The number of aliphatic hydroxyl groups is 1. The lowest BCUT2D eigenvalue weighted by Crippen LogP contribution is -2.80. The van der Waals surface area contributed by atoms with E-state index >= 15 is 0 Å². The number of Topliss-reactive ketones (excluding diaryl/α,β-unsaturated/α-hetero) is 1. The van der Waals surface area contributed by atoms with E-state index in [0.29, 0.717) is 29.7 Å². The van der Waals surface area contributed by atoms with Crippen LogP contribution >= 0.6 is 23.5 Å². The van der Waals surface area contributed by atoms with Gasteiger partial charge in [0.25, 0.3) is 11.8 Å². The molecule has 0 unspecified atom stereocenters. The summed E-state index contributed by atoms with van der Waals surface area (Å²) in [7, 11) is 1.34. The number of carbonyl (C=O) groups is 4. The second-order valence-corrected chi connectivity index (χ2v) is 12.2. The third-order valence-corrected chi connectivity index (χ3v) is 11.0. The molecule has 200 valence electrons. The van der Waals surface area contributed by atoms with Gasteiger partial charge in [0, 0.05) is 34.3 Å². The first-order valence-electron chi connectivity index (χ1n) is 12.6. The van der Waals surface area contributed by atoms with Crippen LogP contribution < -0.4 is 10.6 Å². The van der Waals surface area contributed by atoms with Crippen LogP contribution in [0.2, 0.25) is 0 Å². The maximum absolute atomic E-state index is 14.1. The van der Waals surface area contributed by atoms with Crippen molar-refractivity contribution >= 4 is 47.1 Å². The van der Waals surface area contributed by atoms with E-state index in [1.165, 1.54) is 30.6 Å². The number of rotatable bonds is 8. The van der Waals surface area contributed by atoms with Crippen LogP contribution in [0.15, 0.2) is 60.7 Å². The Morgan fingerprint density at radius 1 is 1.00 bits per heavy atom. The Labute approximate surface area is 229 Å². The Kier molecular flexibility index (Phi) is 7.57. The quantitative estimate of drug-likeness (QED) is 0.426. The van der Waals surface area contributed by atoms with E-state index in [4.69, 9.17) is 4.74 Å². The number of ether oxygens (including phenoxy) is 1. The molecule has 1 saturated carbocycles. The van der Waals surface area contributed by atoms with Gasteiger partial charge in [-0.05, 0) is 43.0 Å². The van der Waals surface area contributed by atoms with Gasteiger partial charge < -0.3 is 20.5 Å². The van der Waals surface area contributed by atoms with Gasteiger partial charge in [0.1, 0.15) is 11.1 Å². The minimum absolute atomic E-state index is 0.202. The van der Waals surface area contributed by atoms with E-state index in [0.717, 1.165) is 0 Å². The van der Waals surface area contributed by atoms with Crippen LogP contribution in [0.5, 0.6) is 0 Å². The molecule has 3 fully saturated rings. The van der Waals surface area contributed by atoms with Crippen LogP contribution in [-0.4, -0.2) is 75.0 Å². The fraction of sp³-hybridized carbons (Fsp3) is 0.429. The highest BCUT2D eigenvalue weighted by molar-refractivity contribution is 8.02.